The first kappa shape index (κ1) is 18.5. The molecule has 24 heavy (non-hydrogen) atoms. The van der Waals surface area contributed by atoms with Crippen molar-refractivity contribution in [2.45, 2.75) is 26.4 Å². The van der Waals surface area contributed by atoms with Crippen LogP contribution in [0.4, 0.5) is 5.69 Å². The van der Waals surface area contributed by atoms with Gasteiger partial charge in [0.05, 0.1) is 18.5 Å². The van der Waals surface area contributed by atoms with Crippen LogP contribution in [-0.2, 0) is 21.4 Å². The minimum absolute atomic E-state index is 0.240. The van der Waals surface area contributed by atoms with Crippen LogP contribution in [0.2, 0.25) is 0 Å². The van der Waals surface area contributed by atoms with Crippen LogP contribution in [0.25, 0.3) is 0 Å². The highest BCUT2D eigenvalue weighted by atomic mass is 32.2. The maximum atomic E-state index is 12.7. The third-order valence-electron chi connectivity index (χ3n) is 3.64. The molecule has 0 bridgehead atoms. The van der Waals surface area contributed by atoms with E-state index in [-0.39, 0.29) is 5.91 Å². The number of likely N-dealkylation sites (N-methyl/N-ethyl adjacent to an activating group) is 1. The van der Waals surface area contributed by atoms with Crippen molar-refractivity contribution in [2.24, 2.45) is 0 Å². The zero-order chi connectivity index (χ0) is 17.9. The van der Waals surface area contributed by atoms with Gasteiger partial charge in [-0.2, -0.15) is 0 Å². The fourth-order valence-electron chi connectivity index (χ4n) is 2.58. The molecule has 130 valence electrons. The van der Waals surface area contributed by atoms with Crippen molar-refractivity contribution in [3.8, 4) is 0 Å². The largest absolute Gasteiger partial charge is 0.339 e. The molecule has 1 amide bonds. The van der Waals surface area contributed by atoms with Crippen LogP contribution in [0.5, 0.6) is 0 Å². The molecule has 0 fully saturated rings. The average molecular weight is 367 g/mol. The highest BCUT2D eigenvalue weighted by Gasteiger charge is 2.30. The summed E-state index contributed by atoms with van der Waals surface area (Å²) in [5.74, 6) is -0.240. The van der Waals surface area contributed by atoms with Gasteiger partial charge in [-0.1, -0.05) is 18.2 Å². The lowest BCUT2D eigenvalue weighted by Crippen LogP contribution is -2.48. The molecule has 2 rings (SSSR count). The average Bonchev–Trinajstić information content (AvgIpc) is 2.91. The molecule has 0 aliphatic rings. The third kappa shape index (κ3) is 4.36. The second-order valence-electron chi connectivity index (χ2n) is 5.78. The van der Waals surface area contributed by atoms with E-state index in [2.05, 4.69) is 0 Å². The van der Waals surface area contributed by atoms with Crippen molar-refractivity contribution in [1.29, 1.82) is 0 Å². The van der Waals surface area contributed by atoms with Crippen LogP contribution in [0.3, 0.4) is 0 Å². The molecular formula is C17H22N2O3S2. The Bertz CT molecular complexity index is 800. The van der Waals surface area contributed by atoms with Crippen LogP contribution in [0, 0.1) is 6.92 Å². The summed E-state index contributed by atoms with van der Waals surface area (Å²) in [7, 11) is -1.88. The van der Waals surface area contributed by atoms with Crippen molar-refractivity contribution in [1.82, 2.24) is 4.90 Å². The Hall–Kier alpha value is -1.86. The number of carbonyl (C=O) groups is 1. The van der Waals surface area contributed by atoms with Gasteiger partial charge >= 0.3 is 0 Å². The van der Waals surface area contributed by atoms with Crippen LogP contribution in [0.15, 0.2) is 42.5 Å². The van der Waals surface area contributed by atoms with E-state index in [1.165, 1.54) is 9.18 Å². The highest BCUT2D eigenvalue weighted by molar-refractivity contribution is 7.92. The summed E-state index contributed by atoms with van der Waals surface area (Å²) >= 11 is 1.63. The lowest BCUT2D eigenvalue weighted by molar-refractivity contribution is -0.131. The summed E-state index contributed by atoms with van der Waals surface area (Å²) in [6, 6.07) is 11.9. The topological polar surface area (TPSA) is 57.7 Å². The van der Waals surface area contributed by atoms with Crippen molar-refractivity contribution >= 4 is 33.0 Å². The highest BCUT2D eigenvalue weighted by Crippen LogP contribution is 2.22. The van der Waals surface area contributed by atoms with Gasteiger partial charge in [0.25, 0.3) is 0 Å². The van der Waals surface area contributed by atoms with Crippen molar-refractivity contribution < 1.29 is 13.2 Å². The molecule has 0 saturated carbocycles. The van der Waals surface area contributed by atoms with Gasteiger partial charge in [-0.25, -0.2) is 8.42 Å². The quantitative estimate of drug-likeness (QED) is 0.790. The molecule has 1 aromatic heterocycles. The van der Waals surface area contributed by atoms with E-state index >= 15 is 0 Å². The lowest BCUT2D eigenvalue weighted by atomic mass is 10.2. The number of thiophene rings is 1. The molecule has 0 aliphatic heterocycles. The summed E-state index contributed by atoms with van der Waals surface area (Å²) in [4.78, 5) is 16.6. The number of hydrogen-bond donors (Lipinski definition) is 0. The molecule has 0 N–H and O–H groups in total. The predicted molar refractivity (Wildman–Crippen MR) is 98.8 cm³/mol. The van der Waals surface area contributed by atoms with Crippen LogP contribution in [-0.4, -0.2) is 38.6 Å². The van der Waals surface area contributed by atoms with Gasteiger partial charge in [-0.05, 0) is 38.1 Å². The van der Waals surface area contributed by atoms with Gasteiger partial charge in [-0.3, -0.25) is 9.10 Å². The van der Waals surface area contributed by atoms with E-state index in [0.29, 0.717) is 12.2 Å². The number of sulfonamides is 1. The van der Waals surface area contributed by atoms with Gasteiger partial charge in [0, 0.05) is 16.8 Å². The van der Waals surface area contributed by atoms with Crippen molar-refractivity contribution in [3.63, 3.8) is 0 Å². The Morgan fingerprint density at radius 1 is 1.17 bits per heavy atom. The number of hydrogen-bond acceptors (Lipinski definition) is 4. The third-order valence-corrected chi connectivity index (χ3v) is 5.87. The van der Waals surface area contributed by atoms with E-state index in [1.54, 1.807) is 54.5 Å². The van der Waals surface area contributed by atoms with Crippen molar-refractivity contribution in [3.05, 3.63) is 52.2 Å². The molecule has 0 unspecified atom stereocenters. The van der Waals surface area contributed by atoms with Crippen LogP contribution < -0.4 is 4.31 Å². The normalized spacial score (nSPS) is 12.7. The van der Waals surface area contributed by atoms with Crippen molar-refractivity contribution in [2.75, 3.05) is 17.6 Å². The van der Waals surface area contributed by atoms with Crippen LogP contribution >= 0.6 is 11.3 Å². The van der Waals surface area contributed by atoms with Gasteiger partial charge in [-0.15, -0.1) is 11.3 Å². The number of anilines is 1. The van der Waals surface area contributed by atoms with Crippen LogP contribution in [0.1, 0.15) is 16.7 Å². The minimum Gasteiger partial charge on any atom is -0.339 e. The summed E-state index contributed by atoms with van der Waals surface area (Å²) in [5, 5.41) is 0. The number of carbonyl (C=O) groups excluding carboxylic acids is 1. The predicted octanol–water partition coefficient (Wildman–Crippen LogP) is 2.87. The summed E-state index contributed by atoms with van der Waals surface area (Å²) < 4.78 is 25.6. The monoisotopic (exact) mass is 366 g/mol. The summed E-state index contributed by atoms with van der Waals surface area (Å²) in [5.41, 5.74) is 0.487. The second-order valence-corrected chi connectivity index (χ2v) is 9.01. The zero-order valence-electron chi connectivity index (χ0n) is 14.3. The van der Waals surface area contributed by atoms with Gasteiger partial charge in [0.2, 0.25) is 15.9 Å². The first-order chi connectivity index (χ1) is 11.2. The summed E-state index contributed by atoms with van der Waals surface area (Å²) in [6.45, 7) is 4.10. The molecule has 0 saturated heterocycles. The zero-order valence-corrected chi connectivity index (χ0v) is 15.9. The Kier molecular flexibility index (Phi) is 5.66. The smallest absolute Gasteiger partial charge is 0.246 e. The lowest BCUT2D eigenvalue weighted by Gasteiger charge is -2.31. The maximum Gasteiger partial charge on any atom is 0.246 e. The van der Waals surface area contributed by atoms with Gasteiger partial charge in [0.15, 0.2) is 0 Å². The SMILES string of the molecule is Cc1ccc(CN(C)C(=O)[C@@H](C)N(c2ccccc2)S(C)(=O)=O)s1. The van der Waals surface area contributed by atoms with E-state index in [9.17, 15) is 13.2 Å². The standard InChI is InChI=1S/C17H22N2O3S2/c1-13-10-11-16(23-13)12-18(3)17(20)14(2)19(24(4,21)22)15-8-6-5-7-9-15/h5-11,14H,12H2,1-4H3/t14-/m1/s1. The van der Waals surface area contributed by atoms with Gasteiger partial charge < -0.3 is 4.90 Å². The van der Waals surface area contributed by atoms with E-state index in [4.69, 9.17) is 0 Å². The molecule has 7 heteroatoms. The van der Waals surface area contributed by atoms with E-state index in [1.807, 2.05) is 25.1 Å². The molecule has 1 atom stereocenters. The summed E-state index contributed by atoms with van der Waals surface area (Å²) in [6.07, 6.45) is 1.12. The second kappa shape index (κ2) is 7.36. The molecular weight excluding hydrogens is 344 g/mol. The van der Waals surface area contributed by atoms with Gasteiger partial charge in [0.1, 0.15) is 6.04 Å². The number of aryl methyl sites for hydroxylation is 1. The Morgan fingerprint density at radius 3 is 2.29 bits per heavy atom. The number of nitrogens with zero attached hydrogens (tertiary/aromatic N) is 2. The Labute approximate surface area is 147 Å². The molecule has 2 aromatic rings. The first-order valence-electron chi connectivity index (χ1n) is 7.55. The number of para-hydroxylation sites is 1. The fourth-order valence-corrected chi connectivity index (χ4v) is 4.69. The first-order valence-corrected chi connectivity index (χ1v) is 10.2. The molecule has 0 spiro atoms. The number of rotatable bonds is 6. The number of benzene rings is 1. The maximum absolute atomic E-state index is 12.7. The van der Waals surface area contributed by atoms with E-state index < -0.39 is 16.1 Å². The number of amides is 1. The van der Waals surface area contributed by atoms with E-state index in [0.717, 1.165) is 11.1 Å². The molecule has 0 aliphatic carbocycles. The molecule has 0 radical (unpaired) electrons. The minimum atomic E-state index is -3.58. The fraction of sp³-hybridized carbons (Fsp3) is 0.353. The Morgan fingerprint density at radius 2 is 1.79 bits per heavy atom. The molecule has 1 aromatic carbocycles. The molecule has 5 nitrogen and oxygen atoms in total. The molecule has 1 heterocycles. The Balaban J connectivity index is 2.22.